The highest BCUT2D eigenvalue weighted by Gasteiger charge is 2.33. The number of aryl methyl sites for hydroxylation is 1. The fourth-order valence-corrected chi connectivity index (χ4v) is 1.94. The number of hydrogen-bond acceptors (Lipinski definition) is 3. The highest BCUT2D eigenvalue weighted by atomic mass is 35.5. The van der Waals surface area contributed by atoms with Crippen LogP contribution in [0.5, 0.6) is 0 Å². The van der Waals surface area contributed by atoms with Gasteiger partial charge in [0.25, 0.3) is 11.8 Å². The third kappa shape index (κ3) is 4.23. The molecule has 126 valence electrons. The molecule has 0 saturated carbocycles. The number of carbonyl (C=O) groups excluding carboxylic acids is 2. The minimum atomic E-state index is -4.59. The number of halogens is 4. The summed E-state index contributed by atoms with van der Waals surface area (Å²) in [5.41, 5.74) is 3.24. The lowest BCUT2D eigenvalue weighted by atomic mass is 10.1. The van der Waals surface area contributed by atoms with Gasteiger partial charge in [0.1, 0.15) is 5.69 Å². The van der Waals surface area contributed by atoms with Gasteiger partial charge >= 0.3 is 6.18 Å². The summed E-state index contributed by atoms with van der Waals surface area (Å²) in [5.74, 6) is -1.38. The molecule has 0 spiro atoms. The number of carbonyl (C=O) groups is 2. The number of nitrogens with zero attached hydrogens (tertiary/aromatic N) is 1. The molecule has 0 atom stereocenters. The van der Waals surface area contributed by atoms with E-state index in [0.29, 0.717) is 11.1 Å². The topological polar surface area (TPSA) is 71.1 Å². The monoisotopic (exact) mass is 357 g/mol. The minimum absolute atomic E-state index is 0.0839. The van der Waals surface area contributed by atoms with Crippen molar-refractivity contribution >= 4 is 23.4 Å². The van der Waals surface area contributed by atoms with Gasteiger partial charge < -0.3 is 0 Å². The highest BCUT2D eigenvalue weighted by Crippen LogP contribution is 2.28. The maximum absolute atomic E-state index is 12.5. The van der Waals surface area contributed by atoms with E-state index in [0.717, 1.165) is 6.07 Å². The Morgan fingerprint density at radius 1 is 1.00 bits per heavy atom. The van der Waals surface area contributed by atoms with Crippen LogP contribution in [0, 0.1) is 6.92 Å². The van der Waals surface area contributed by atoms with E-state index in [1.54, 1.807) is 0 Å². The molecule has 0 radical (unpaired) electrons. The van der Waals surface area contributed by atoms with Crippen LogP contribution < -0.4 is 10.9 Å². The van der Waals surface area contributed by atoms with Crippen molar-refractivity contribution in [2.24, 2.45) is 0 Å². The molecule has 9 heteroatoms. The molecule has 24 heavy (non-hydrogen) atoms. The first-order chi connectivity index (χ1) is 11.2. The fourth-order valence-electron chi connectivity index (χ4n) is 1.81. The predicted molar refractivity (Wildman–Crippen MR) is 80.4 cm³/mol. The van der Waals surface area contributed by atoms with Gasteiger partial charge in [-0.05, 0) is 43.3 Å². The third-order valence-electron chi connectivity index (χ3n) is 3.02. The molecule has 5 nitrogen and oxygen atoms in total. The third-order valence-corrected chi connectivity index (χ3v) is 3.27. The van der Waals surface area contributed by atoms with Crippen LogP contribution in [-0.2, 0) is 6.18 Å². The lowest BCUT2D eigenvalue weighted by Crippen LogP contribution is -2.42. The van der Waals surface area contributed by atoms with Crippen molar-refractivity contribution in [2.45, 2.75) is 13.1 Å². The SMILES string of the molecule is Cc1nc(C(F)(F)F)ccc1C(=O)NNC(=O)c1ccc(Cl)cc1. The van der Waals surface area contributed by atoms with Crippen LogP contribution in [0.2, 0.25) is 5.02 Å². The van der Waals surface area contributed by atoms with Gasteiger partial charge in [0.15, 0.2) is 0 Å². The minimum Gasteiger partial charge on any atom is -0.267 e. The summed E-state index contributed by atoms with van der Waals surface area (Å²) in [6, 6.07) is 7.60. The van der Waals surface area contributed by atoms with Gasteiger partial charge in [-0.3, -0.25) is 20.4 Å². The molecule has 0 unspecified atom stereocenters. The van der Waals surface area contributed by atoms with Crippen molar-refractivity contribution in [3.05, 3.63) is 63.9 Å². The van der Waals surface area contributed by atoms with Gasteiger partial charge in [0.2, 0.25) is 0 Å². The summed E-state index contributed by atoms with van der Waals surface area (Å²) in [5, 5.41) is 0.446. The molecule has 0 fully saturated rings. The molecule has 2 rings (SSSR count). The van der Waals surface area contributed by atoms with E-state index in [-0.39, 0.29) is 16.8 Å². The number of nitrogens with one attached hydrogen (secondary N) is 2. The zero-order valence-corrected chi connectivity index (χ0v) is 13.0. The molecule has 2 N–H and O–H groups in total. The molecule has 0 aliphatic heterocycles. The molecule has 0 aliphatic carbocycles. The standard InChI is InChI=1S/C15H11ClF3N3O2/c1-8-11(6-7-12(20-8)15(17,18)19)14(24)22-21-13(23)9-2-4-10(16)5-3-9/h2-7H,1H3,(H,21,23)(H,22,24). The van der Waals surface area contributed by atoms with Crippen molar-refractivity contribution in [1.29, 1.82) is 0 Å². The van der Waals surface area contributed by atoms with Gasteiger partial charge in [-0.25, -0.2) is 4.98 Å². The van der Waals surface area contributed by atoms with E-state index < -0.39 is 23.7 Å². The van der Waals surface area contributed by atoms with Crippen molar-refractivity contribution in [3.63, 3.8) is 0 Å². The maximum atomic E-state index is 12.5. The second-order valence-electron chi connectivity index (χ2n) is 4.74. The first-order valence-corrected chi connectivity index (χ1v) is 6.97. The zero-order chi connectivity index (χ0) is 17.9. The summed E-state index contributed by atoms with van der Waals surface area (Å²) < 4.78 is 37.6. The molecule has 1 heterocycles. The highest BCUT2D eigenvalue weighted by molar-refractivity contribution is 6.30. The van der Waals surface area contributed by atoms with Gasteiger partial charge in [0.05, 0.1) is 11.3 Å². The first-order valence-electron chi connectivity index (χ1n) is 6.59. The van der Waals surface area contributed by atoms with E-state index in [9.17, 15) is 22.8 Å². The molecular weight excluding hydrogens is 347 g/mol. The van der Waals surface area contributed by atoms with Crippen molar-refractivity contribution in [2.75, 3.05) is 0 Å². The van der Waals surface area contributed by atoms with E-state index in [1.165, 1.54) is 31.2 Å². The molecule has 2 aromatic rings. The molecule has 2 amide bonds. The van der Waals surface area contributed by atoms with E-state index >= 15 is 0 Å². The number of hydrazine groups is 1. The smallest absolute Gasteiger partial charge is 0.267 e. The Morgan fingerprint density at radius 3 is 2.12 bits per heavy atom. The average molecular weight is 358 g/mol. The maximum Gasteiger partial charge on any atom is 0.433 e. The number of aromatic nitrogens is 1. The summed E-state index contributed by atoms with van der Waals surface area (Å²) >= 11 is 5.70. The van der Waals surface area contributed by atoms with Crippen molar-refractivity contribution in [1.82, 2.24) is 15.8 Å². The van der Waals surface area contributed by atoms with Gasteiger partial charge in [-0.15, -0.1) is 0 Å². The Balaban J connectivity index is 2.05. The van der Waals surface area contributed by atoms with Crippen molar-refractivity contribution < 1.29 is 22.8 Å². The number of amides is 2. The molecule has 0 aliphatic rings. The average Bonchev–Trinajstić information content (AvgIpc) is 2.52. The second kappa shape index (κ2) is 6.88. The Morgan fingerprint density at radius 2 is 1.58 bits per heavy atom. The van der Waals surface area contributed by atoms with Gasteiger partial charge in [-0.1, -0.05) is 11.6 Å². The molecule has 1 aromatic carbocycles. The summed E-state index contributed by atoms with van der Waals surface area (Å²) in [6.07, 6.45) is -4.59. The number of pyridine rings is 1. The predicted octanol–water partition coefficient (Wildman–Crippen LogP) is 3.14. The van der Waals surface area contributed by atoms with Crippen LogP contribution >= 0.6 is 11.6 Å². The lowest BCUT2D eigenvalue weighted by Gasteiger charge is -2.11. The summed E-state index contributed by atoms with van der Waals surface area (Å²) in [4.78, 5) is 27.1. The lowest BCUT2D eigenvalue weighted by molar-refractivity contribution is -0.141. The molecule has 1 aromatic heterocycles. The summed E-state index contributed by atoms with van der Waals surface area (Å²) in [6.45, 7) is 1.27. The van der Waals surface area contributed by atoms with E-state index in [4.69, 9.17) is 11.6 Å². The normalized spacial score (nSPS) is 11.0. The summed E-state index contributed by atoms with van der Waals surface area (Å²) in [7, 11) is 0. The molecular formula is C15H11ClF3N3O2. The largest absolute Gasteiger partial charge is 0.433 e. The zero-order valence-electron chi connectivity index (χ0n) is 12.2. The number of alkyl halides is 3. The molecule has 0 bridgehead atoms. The van der Waals surface area contributed by atoms with Crippen LogP contribution in [0.15, 0.2) is 36.4 Å². The second-order valence-corrected chi connectivity index (χ2v) is 5.18. The first kappa shape index (κ1) is 17.7. The Bertz CT molecular complexity index is 777. The Hall–Kier alpha value is -2.61. The molecule has 0 saturated heterocycles. The van der Waals surface area contributed by atoms with Crippen LogP contribution in [0.3, 0.4) is 0 Å². The quantitative estimate of drug-likeness (QED) is 0.811. The fraction of sp³-hybridized carbons (Fsp3) is 0.133. The number of rotatable bonds is 2. The number of benzene rings is 1. The van der Waals surface area contributed by atoms with Crippen LogP contribution in [0.1, 0.15) is 32.1 Å². The number of hydrogen-bond donors (Lipinski definition) is 2. The van der Waals surface area contributed by atoms with E-state index in [1.807, 2.05) is 0 Å². The Kier molecular flexibility index (Phi) is 5.08. The van der Waals surface area contributed by atoms with Crippen molar-refractivity contribution in [3.8, 4) is 0 Å². The van der Waals surface area contributed by atoms with Crippen LogP contribution in [0.25, 0.3) is 0 Å². The van der Waals surface area contributed by atoms with Gasteiger partial charge in [-0.2, -0.15) is 13.2 Å². The van der Waals surface area contributed by atoms with Crippen LogP contribution in [0.4, 0.5) is 13.2 Å². The Labute approximate surface area is 139 Å². The van der Waals surface area contributed by atoms with Gasteiger partial charge in [0, 0.05) is 10.6 Å². The van der Waals surface area contributed by atoms with E-state index in [2.05, 4.69) is 15.8 Å². The van der Waals surface area contributed by atoms with Crippen LogP contribution in [-0.4, -0.2) is 16.8 Å².